The Kier molecular flexibility index (Phi) is 3.69. The van der Waals surface area contributed by atoms with Crippen LogP contribution in [0.4, 0.5) is 13.2 Å². The molecule has 26 heavy (non-hydrogen) atoms. The minimum atomic E-state index is -4.44. The molecule has 4 rings (SSSR count). The molecule has 5 nitrogen and oxygen atoms in total. The van der Waals surface area contributed by atoms with E-state index in [0.717, 1.165) is 23.5 Å². The van der Waals surface area contributed by atoms with Crippen LogP contribution >= 0.6 is 11.3 Å². The molecule has 0 amide bonds. The van der Waals surface area contributed by atoms with Crippen LogP contribution in [0, 0.1) is 0 Å². The van der Waals surface area contributed by atoms with Crippen LogP contribution < -0.4 is 5.56 Å². The van der Waals surface area contributed by atoms with Crippen LogP contribution in [0.3, 0.4) is 0 Å². The molecule has 0 atom stereocenters. The van der Waals surface area contributed by atoms with Crippen LogP contribution in [-0.4, -0.2) is 19.5 Å². The lowest BCUT2D eigenvalue weighted by molar-refractivity contribution is -0.137. The number of nitrogens with zero attached hydrogens (tertiary/aromatic N) is 3. The summed E-state index contributed by atoms with van der Waals surface area (Å²) in [6.45, 7) is 0. The summed E-state index contributed by atoms with van der Waals surface area (Å²) in [7, 11) is 1.76. The van der Waals surface area contributed by atoms with Crippen molar-refractivity contribution in [3.05, 3.63) is 58.0 Å². The van der Waals surface area contributed by atoms with Gasteiger partial charge in [0, 0.05) is 30.4 Å². The summed E-state index contributed by atoms with van der Waals surface area (Å²) in [5.41, 5.74) is 0.100. The molecule has 3 heterocycles. The Balaban J connectivity index is 1.94. The van der Waals surface area contributed by atoms with E-state index < -0.39 is 11.7 Å². The lowest BCUT2D eigenvalue weighted by Crippen LogP contribution is -2.10. The normalized spacial score (nSPS) is 12.0. The molecule has 0 bridgehead atoms. The van der Waals surface area contributed by atoms with Crippen molar-refractivity contribution in [1.29, 1.82) is 0 Å². The number of nitrogens with one attached hydrogen (secondary N) is 1. The molecule has 0 saturated carbocycles. The van der Waals surface area contributed by atoms with E-state index in [-0.39, 0.29) is 11.4 Å². The van der Waals surface area contributed by atoms with Crippen molar-refractivity contribution in [2.75, 3.05) is 0 Å². The first-order chi connectivity index (χ1) is 12.3. The first-order valence-corrected chi connectivity index (χ1v) is 8.39. The second-order valence-electron chi connectivity index (χ2n) is 5.68. The van der Waals surface area contributed by atoms with Gasteiger partial charge in [-0.1, -0.05) is 12.1 Å². The van der Waals surface area contributed by atoms with Crippen molar-refractivity contribution in [1.82, 2.24) is 19.5 Å². The lowest BCUT2D eigenvalue weighted by Gasteiger charge is -2.08. The molecule has 0 saturated heterocycles. The molecular formula is C17H11F3N4OS. The highest BCUT2D eigenvalue weighted by atomic mass is 32.1. The van der Waals surface area contributed by atoms with Crippen molar-refractivity contribution in [3.8, 4) is 22.8 Å². The fourth-order valence-corrected chi connectivity index (χ4v) is 3.60. The van der Waals surface area contributed by atoms with Crippen LogP contribution in [0.5, 0.6) is 0 Å². The predicted octanol–water partition coefficient (Wildman–Crippen LogP) is 4.07. The Morgan fingerprint density at radius 3 is 2.77 bits per heavy atom. The van der Waals surface area contributed by atoms with Gasteiger partial charge in [-0.2, -0.15) is 13.2 Å². The zero-order valence-corrected chi connectivity index (χ0v) is 14.1. The third-order valence-electron chi connectivity index (χ3n) is 3.96. The van der Waals surface area contributed by atoms with E-state index >= 15 is 0 Å². The van der Waals surface area contributed by atoms with Crippen molar-refractivity contribution in [3.63, 3.8) is 0 Å². The lowest BCUT2D eigenvalue weighted by atomic mass is 10.0. The molecule has 0 aliphatic carbocycles. The third kappa shape index (κ3) is 2.70. The number of benzene rings is 1. The summed E-state index contributed by atoms with van der Waals surface area (Å²) >= 11 is 1.14. The topological polar surface area (TPSA) is 63.6 Å². The maximum atomic E-state index is 13.0. The molecule has 1 aromatic carbocycles. The van der Waals surface area contributed by atoms with Gasteiger partial charge in [0.1, 0.15) is 4.70 Å². The second-order valence-corrected chi connectivity index (χ2v) is 6.56. The number of hydrogen-bond acceptors (Lipinski definition) is 4. The molecule has 1 N–H and O–H groups in total. The molecule has 132 valence electrons. The van der Waals surface area contributed by atoms with E-state index in [4.69, 9.17) is 0 Å². The standard InChI is InChI=1S/C17H11F3N4OS/c1-24-6-5-21-15(24)14-22-12-11(8-26-13(12)16(25)23-14)9-3-2-4-10(7-9)17(18,19)20/h2-8H,1H3,(H,22,23,25). The number of hydrogen-bond donors (Lipinski definition) is 1. The Hall–Kier alpha value is -2.94. The van der Waals surface area contributed by atoms with Crippen LogP contribution in [0.25, 0.3) is 33.0 Å². The number of halogens is 3. The highest BCUT2D eigenvalue weighted by Crippen LogP contribution is 2.36. The van der Waals surface area contributed by atoms with Gasteiger partial charge in [-0.05, 0) is 17.7 Å². The van der Waals surface area contributed by atoms with Gasteiger partial charge >= 0.3 is 6.18 Å². The van der Waals surface area contributed by atoms with E-state index in [9.17, 15) is 18.0 Å². The minimum Gasteiger partial charge on any atom is -0.331 e. The van der Waals surface area contributed by atoms with Gasteiger partial charge in [-0.25, -0.2) is 9.97 Å². The molecule has 3 aromatic heterocycles. The van der Waals surface area contributed by atoms with Gasteiger partial charge in [0.05, 0.1) is 11.1 Å². The van der Waals surface area contributed by atoms with Gasteiger partial charge in [0.15, 0.2) is 11.6 Å². The van der Waals surface area contributed by atoms with Crippen molar-refractivity contribution < 1.29 is 13.2 Å². The smallest absolute Gasteiger partial charge is 0.331 e. The first kappa shape index (κ1) is 16.5. The first-order valence-electron chi connectivity index (χ1n) is 7.51. The predicted molar refractivity (Wildman–Crippen MR) is 92.9 cm³/mol. The number of thiophene rings is 1. The fraction of sp³-hybridized carbons (Fsp3) is 0.118. The summed E-state index contributed by atoms with van der Waals surface area (Å²) in [5, 5.41) is 1.64. The second kappa shape index (κ2) is 5.80. The van der Waals surface area contributed by atoms with Gasteiger partial charge < -0.3 is 9.55 Å². The van der Waals surface area contributed by atoms with Crippen LogP contribution in [0.1, 0.15) is 5.56 Å². The van der Waals surface area contributed by atoms with Crippen molar-refractivity contribution in [2.45, 2.75) is 6.18 Å². The minimum absolute atomic E-state index is 0.265. The zero-order valence-electron chi connectivity index (χ0n) is 13.3. The fourth-order valence-electron chi connectivity index (χ4n) is 2.70. The van der Waals surface area contributed by atoms with E-state index in [1.54, 1.807) is 35.5 Å². The number of imidazole rings is 1. The van der Waals surface area contributed by atoms with Crippen molar-refractivity contribution >= 4 is 21.6 Å². The highest BCUT2D eigenvalue weighted by molar-refractivity contribution is 7.17. The summed E-state index contributed by atoms with van der Waals surface area (Å²) in [6, 6.07) is 4.98. The molecule has 4 aromatic rings. The maximum Gasteiger partial charge on any atom is 0.416 e. The number of aromatic nitrogens is 4. The van der Waals surface area contributed by atoms with E-state index in [2.05, 4.69) is 15.0 Å². The molecule has 9 heteroatoms. The Morgan fingerprint density at radius 2 is 2.08 bits per heavy atom. The summed E-state index contributed by atoms with van der Waals surface area (Å²) < 4.78 is 41.1. The average Bonchev–Trinajstić information content (AvgIpc) is 3.20. The molecule has 0 aliphatic rings. The molecule has 0 aliphatic heterocycles. The molecule has 0 fully saturated rings. The highest BCUT2D eigenvalue weighted by Gasteiger charge is 2.30. The van der Waals surface area contributed by atoms with Gasteiger partial charge in [-0.15, -0.1) is 11.3 Å². The average molecular weight is 376 g/mol. The molecule has 0 unspecified atom stereocenters. The molecule has 0 spiro atoms. The maximum absolute atomic E-state index is 13.0. The van der Waals surface area contributed by atoms with E-state index in [0.29, 0.717) is 27.2 Å². The zero-order chi connectivity index (χ0) is 18.5. The Bertz CT molecular complexity index is 1170. The van der Waals surface area contributed by atoms with Gasteiger partial charge in [0.2, 0.25) is 0 Å². The Morgan fingerprint density at radius 1 is 1.27 bits per heavy atom. The van der Waals surface area contributed by atoms with Crippen LogP contribution in [-0.2, 0) is 13.2 Å². The number of fused-ring (bicyclic) bond motifs is 1. The number of H-pyrrole nitrogens is 1. The van der Waals surface area contributed by atoms with Gasteiger partial charge in [-0.3, -0.25) is 4.79 Å². The number of rotatable bonds is 2. The molecular weight excluding hydrogens is 365 g/mol. The number of aromatic amines is 1. The summed E-state index contributed by atoms with van der Waals surface area (Å²) in [5.74, 6) is 0.729. The van der Waals surface area contributed by atoms with Crippen molar-refractivity contribution in [2.24, 2.45) is 7.05 Å². The SMILES string of the molecule is Cn1ccnc1-c1nc2c(-c3cccc(C(F)(F)F)c3)csc2c(=O)[nH]1. The summed E-state index contributed by atoms with van der Waals surface area (Å²) in [6.07, 6.45) is -1.16. The molecule has 0 radical (unpaired) electrons. The Labute approximate surface area is 148 Å². The van der Waals surface area contributed by atoms with E-state index in [1.165, 1.54) is 6.07 Å². The van der Waals surface area contributed by atoms with Crippen LogP contribution in [0.2, 0.25) is 0 Å². The van der Waals surface area contributed by atoms with E-state index in [1.807, 2.05) is 0 Å². The van der Waals surface area contributed by atoms with Crippen LogP contribution in [0.15, 0.2) is 46.8 Å². The number of aryl methyl sites for hydroxylation is 1. The largest absolute Gasteiger partial charge is 0.416 e. The van der Waals surface area contributed by atoms with Gasteiger partial charge in [0.25, 0.3) is 5.56 Å². The third-order valence-corrected chi connectivity index (χ3v) is 4.93. The summed E-state index contributed by atoms with van der Waals surface area (Å²) in [4.78, 5) is 23.7. The monoisotopic (exact) mass is 376 g/mol. The number of alkyl halides is 3. The quantitative estimate of drug-likeness (QED) is 0.574.